The number of rotatable bonds is 5. The normalized spacial score (nSPS) is 12.1. The van der Waals surface area contributed by atoms with Gasteiger partial charge in [-0.3, -0.25) is 4.68 Å². The summed E-state index contributed by atoms with van der Waals surface area (Å²) in [5, 5.41) is 5.29. The Hall–Kier alpha value is -4.31. The lowest BCUT2D eigenvalue weighted by molar-refractivity contribution is -0.136. The highest BCUT2D eigenvalue weighted by Crippen LogP contribution is 2.39. The van der Waals surface area contributed by atoms with Crippen molar-refractivity contribution in [3.63, 3.8) is 0 Å². The summed E-state index contributed by atoms with van der Waals surface area (Å²) in [7, 11) is 0. The largest absolute Gasteiger partial charge is 0.418 e. The lowest BCUT2D eigenvalue weighted by Crippen LogP contribution is -2.09. The molecule has 4 aromatic carbocycles. The van der Waals surface area contributed by atoms with E-state index in [1.54, 1.807) is 30.5 Å². The van der Waals surface area contributed by atoms with E-state index < -0.39 is 52.6 Å². The summed E-state index contributed by atoms with van der Waals surface area (Å²) in [5.41, 5.74) is -0.0316. The fourth-order valence-corrected chi connectivity index (χ4v) is 5.20. The van der Waals surface area contributed by atoms with Crippen LogP contribution in [0, 0.1) is 23.3 Å². The molecule has 0 aliphatic heterocycles. The highest BCUT2D eigenvalue weighted by molar-refractivity contribution is 6.31. The third-order valence-corrected chi connectivity index (χ3v) is 7.24. The van der Waals surface area contributed by atoms with E-state index in [0.717, 1.165) is 16.1 Å². The topological polar surface area (TPSA) is 22.8 Å². The van der Waals surface area contributed by atoms with Gasteiger partial charge in [0.1, 0.15) is 28.8 Å². The van der Waals surface area contributed by atoms with Crippen LogP contribution in [0.3, 0.4) is 0 Å². The number of alkyl halides is 3. The minimum absolute atomic E-state index is 0.113. The van der Waals surface area contributed by atoms with Gasteiger partial charge in [-0.05, 0) is 41.3 Å². The second kappa shape index (κ2) is 9.95. The summed E-state index contributed by atoms with van der Waals surface area (Å²) in [6.07, 6.45) is -2.95. The smallest absolute Gasteiger partial charge is 0.343 e. The van der Waals surface area contributed by atoms with Crippen LogP contribution in [0.1, 0.15) is 16.7 Å². The predicted molar refractivity (Wildman–Crippen MR) is 142 cm³/mol. The monoisotopic (exact) mass is 587 g/mol. The zero-order valence-corrected chi connectivity index (χ0v) is 21.5. The number of halogens is 8. The molecule has 0 N–H and O–H groups in total. The first-order valence-corrected chi connectivity index (χ1v) is 12.6. The Morgan fingerprint density at radius 3 is 2.24 bits per heavy atom. The number of hydrogen-bond acceptors (Lipinski definition) is 1. The Labute approximate surface area is 233 Å². The van der Waals surface area contributed by atoms with Gasteiger partial charge in [0, 0.05) is 51.9 Å². The van der Waals surface area contributed by atoms with Crippen LogP contribution in [0.2, 0.25) is 5.02 Å². The van der Waals surface area contributed by atoms with Gasteiger partial charge in [0.05, 0.1) is 17.8 Å². The SMILES string of the molecule is Fc1cc(F)c(Cn2nc3c(C(F)(F)F)cccc3c2-c2ccc3ccn(Cc4ccc(F)cc4Cl)c3c2)c(F)c1. The van der Waals surface area contributed by atoms with Crippen LogP contribution in [-0.4, -0.2) is 14.3 Å². The van der Waals surface area contributed by atoms with Crippen molar-refractivity contribution in [1.82, 2.24) is 14.3 Å². The molecule has 0 saturated carbocycles. The maximum atomic E-state index is 14.6. The van der Waals surface area contributed by atoms with Gasteiger partial charge in [-0.15, -0.1) is 0 Å². The Balaban J connectivity index is 1.54. The van der Waals surface area contributed by atoms with Crippen molar-refractivity contribution in [2.45, 2.75) is 19.3 Å². The second-order valence-corrected chi connectivity index (χ2v) is 9.91. The first kappa shape index (κ1) is 26.9. The molecule has 0 bridgehead atoms. The minimum Gasteiger partial charge on any atom is -0.343 e. The number of nitrogens with zero attached hydrogens (tertiary/aromatic N) is 3. The summed E-state index contributed by atoms with van der Waals surface area (Å²) in [6, 6.07) is 15.6. The van der Waals surface area contributed by atoms with E-state index in [1.165, 1.54) is 24.3 Å². The highest BCUT2D eigenvalue weighted by Gasteiger charge is 2.35. The lowest BCUT2D eigenvalue weighted by Gasteiger charge is -2.12. The van der Waals surface area contributed by atoms with Crippen molar-refractivity contribution >= 4 is 33.4 Å². The average molecular weight is 588 g/mol. The Morgan fingerprint density at radius 1 is 0.780 bits per heavy atom. The van der Waals surface area contributed by atoms with Crippen LogP contribution >= 0.6 is 11.6 Å². The predicted octanol–water partition coefficient (Wildman–Crippen LogP) is 8.98. The van der Waals surface area contributed by atoms with Crippen molar-refractivity contribution in [3.05, 3.63) is 124 Å². The second-order valence-electron chi connectivity index (χ2n) is 9.51. The van der Waals surface area contributed by atoms with Gasteiger partial charge in [-0.2, -0.15) is 18.3 Å². The van der Waals surface area contributed by atoms with Gasteiger partial charge in [0.15, 0.2) is 0 Å². The molecule has 2 heterocycles. The van der Waals surface area contributed by atoms with Crippen LogP contribution in [0.25, 0.3) is 33.1 Å². The van der Waals surface area contributed by atoms with Gasteiger partial charge in [0.25, 0.3) is 0 Å². The standard InChI is InChI=1S/C30H17ClF7N3/c31-24-11-19(32)7-6-18(24)14-40-9-8-16-4-5-17(10-27(16)40)29-21-2-1-3-23(30(36,37)38)28(21)39-41(29)15-22-25(34)12-20(33)13-26(22)35/h1-13H,14-15H2. The third-order valence-electron chi connectivity index (χ3n) is 6.89. The zero-order chi connectivity index (χ0) is 29.1. The van der Waals surface area contributed by atoms with Crippen LogP contribution in [0.15, 0.2) is 79.0 Å². The van der Waals surface area contributed by atoms with Gasteiger partial charge >= 0.3 is 6.18 Å². The molecule has 2 aromatic heterocycles. The van der Waals surface area contributed by atoms with Crippen LogP contribution in [0.4, 0.5) is 30.7 Å². The molecule has 3 nitrogen and oxygen atoms in total. The maximum Gasteiger partial charge on any atom is 0.418 e. The fraction of sp³-hybridized carbons (Fsp3) is 0.100. The first-order chi connectivity index (χ1) is 19.5. The number of aromatic nitrogens is 3. The van der Waals surface area contributed by atoms with Gasteiger partial charge in [0.2, 0.25) is 0 Å². The summed E-state index contributed by atoms with van der Waals surface area (Å²) in [5.74, 6) is -3.98. The molecule has 11 heteroatoms. The average Bonchev–Trinajstić information content (AvgIpc) is 3.47. The molecule has 0 saturated heterocycles. The first-order valence-electron chi connectivity index (χ1n) is 12.2. The van der Waals surface area contributed by atoms with Crippen molar-refractivity contribution < 1.29 is 30.7 Å². The van der Waals surface area contributed by atoms with Crippen LogP contribution in [0.5, 0.6) is 0 Å². The molecule has 0 spiro atoms. The molecular weight excluding hydrogens is 571 g/mol. The quantitative estimate of drug-likeness (QED) is 0.185. The lowest BCUT2D eigenvalue weighted by atomic mass is 10.0. The number of fused-ring (bicyclic) bond motifs is 2. The Morgan fingerprint density at radius 2 is 1.54 bits per heavy atom. The third kappa shape index (κ3) is 4.93. The van der Waals surface area contributed by atoms with Crippen molar-refractivity contribution in [2.75, 3.05) is 0 Å². The molecule has 0 aliphatic rings. The van der Waals surface area contributed by atoms with Gasteiger partial charge in [-0.25, -0.2) is 17.6 Å². The van der Waals surface area contributed by atoms with E-state index in [-0.39, 0.29) is 22.6 Å². The zero-order valence-electron chi connectivity index (χ0n) is 20.8. The Kier molecular flexibility index (Phi) is 6.53. The number of benzene rings is 4. The molecule has 0 radical (unpaired) electrons. The molecule has 208 valence electrons. The van der Waals surface area contributed by atoms with Crippen LogP contribution in [-0.2, 0) is 19.3 Å². The summed E-state index contributed by atoms with van der Waals surface area (Å²) in [4.78, 5) is 0. The van der Waals surface area contributed by atoms with Gasteiger partial charge in [-0.1, -0.05) is 41.9 Å². The fourth-order valence-electron chi connectivity index (χ4n) is 4.98. The molecular formula is C30H17ClF7N3. The molecule has 6 rings (SSSR count). The van der Waals surface area contributed by atoms with E-state index in [9.17, 15) is 30.7 Å². The highest BCUT2D eigenvalue weighted by atomic mass is 35.5. The molecule has 0 fully saturated rings. The summed E-state index contributed by atoms with van der Waals surface area (Å²) >= 11 is 6.22. The molecule has 0 amide bonds. The Bertz CT molecular complexity index is 1930. The van der Waals surface area contributed by atoms with E-state index >= 15 is 0 Å². The molecule has 41 heavy (non-hydrogen) atoms. The van der Waals surface area contributed by atoms with Gasteiger partial charge < -0.3 is 4.57 Å². The van der Waals surface area contributed by atoms with Crippen LogP contribution < -0.4 is 0 Å². The minimum atomic E-state index is -4.74. The van der Waals surface area contributed by atoms with E-state index in [2.05, 4.69) is 5.10 Å². The number of hydrogen-bond donors (Lipinski definition) is 0. The van der Waals surface area contributed by atoms with Crippen molar-refractivity contribution in [3.8, 4) is 11.3 Å². The van der Waals surface area contributed by atoms with E-state index in [1.807, 2.05) is 10.6 Å². The molecule has 0 unspecified atom stereocenters. The molecule has 0 aliphatic carbocycles. The maximum absolute atomic E-state index is 14.6. The van der Waals surface area contributed by atoms with E-state index in [4.69, 9.17) is 11.6 Å². The summed E-state index contributed by atoms with van der Waals surface area (Å²) < 4.78 is 101. The molecule has 0 atom stereocenters. The summed E-state index contributed by atoms with van der Waals surface area (Å²) in [6.45, 7) is -0.320. The van der Waals surface area contributed by atoms with Crippen molar-refractivity contribution in [2.24, 2.45) is 0 Å². The van der Waals surface area contributed by atoms with Crippen molar-refractivity contribution in [1.29, 1.82) is 0 Å². The van der Waals surface area contributed by atoms with E-state index in [0.29, 0.717) is 28.8 Å². The molecule has 6 aromatic rings.